The second-order valence-electron chi connectivity index (χ2n) is 10.2. The van der Waals surface area contributed by atoms with E-state index in [-0.39, 0.29) is 5.75 Å². The molecule has 0 saturated heterocycles. The van der Waals surface area contributed by atoms with Crippen molar-refractivity contribution in [2.75, 3.05) is 0 Å². The molecule has 1 nitrogen and oxygen atoms in total. The van der Waals surface area contributed by atoms with E-state index in [1.54, 1.807) is 12.1 Å². The number of hydrogen-bond acceptors (Lipinski definition) is 1. The van der Waals surface area contributed by atoms with Gasteiger partial charge < -0.3 is 4.74 Å². The topological polar surface area (TPSA) is 9.23 Å². The minimum absolute atomic E-state index is 0.0621. The molecule has 0 heterocycles. The molecule has 0 saturated carbocycles. The van der Waals surface area contributed by atoms with Crippen LogP contribution in [0.25, 0.3) is 0 Å². The molecule has 0 atom stereocenters. The van der Waals surface area contributed by atoms with Gasteiger partial charge in [-0.1, -0.05) is 124 Å². The number of benzene rings is 1. The van der Waals surface area contributed by atoms with E-state index in [0.717, 1.165) is 37.7 Å². The van der Waals surface area contributed by atoms with E-state index in [4.69, 9.17) is 0 Å². The SMILES string of the molecule is CCCCCC(CCCCC)Cc1cc(OC(F)(F)F)ccc1C(CCCCC)CCCCC. The molecule has 0 radical (unpaired) electrons. The second kappa shape index (κ2) is 18.1. The first-order valence-electron chi connectivity index (χ1n) is 14.2. The van der Waals surface area contributed by atoms with E-state index in [1.807, 2.05) is 6.07 Å². The number of alkyl halides is 3. The average molecular weight is 485 g/mol. The van der Waals surface area contributed by atoms with Crippen LogP contribution in [0.4, 0.5) is 13.2 Å². The molecule has 0 unspecified atom stereocenters. The normalized spacial score (nSPS) is 12.1. The van der Waals surface area contributed by atoms with Crippen molar-refractivity contribution in [1.82, 2.24) is 0 Å². The molecule has 0 aliphatic heterocycles. The summed E-state index contributed by atoms with van der Waals surface area (Å²) >= 11 is 0. The van der Waals surface area contributed by atoms with Crippen LogP contribution >= 0.6 is 0 Å². The van der Waals surface area contributed by atoms with Crippen molar-refractivity contribution in [2.45, 2.75) is 149 Å². The highest BCUT2D eigenvalue weighted by Gasteiger charge is 2.31. The number of unbranched alkanes of at least 4 members (excludes halogenated alkanes) is 8. The molecule has 1 rings (SSSR count). The van der Waals surface area contributed by atoms with Crippen LogP contribution in [-0.4, -0.2) is 6.36 Å². The fraction of sp³-hybridized carbons (Fsp3) is 0.800. The maximum Gasteiger partial charge on any atom is 0.573 e. The van der Waals surface area contributed by atoms with E-state index in [1.165, 1.54) is 82.6 Å². The Balaban J connectivity index is 3.21. The lowest BCUT2D eigenvalue weighted by atomic mass is 9.81. The van der Waals surface area contributed by atoms with Gasteiger partial charge in [0.05, 0.1) is 0 Å². The Morgan fingerprint density at radius 1 is 0.676 bits per heavy atom. The third-order valence-electron chi connectivity index (χ3n) is 7.04. The average Bonchev–Trinajstić information content (AvgIpc) is 2.78. The van der Waals surface area contributed by atoms with Gasteiger partial charge in [0.25, 0.3) is 0 Å². The van der Waals surface area contributed by atoms with Crippen LogP contribution in [0.5, 0.6) is 5.75 Å². The van der Waals surface area contributed by atoms with E-state index in [2.05, 4.69) is 32.4 Å². The minimum Gasteiger partial charge on any atom is -0.406 e. The van der Waals surface area contributed by atoms with Crippen molar-refractivity contribution >= 4 is 0 Å². The predicted octanol–water partition coefficient (Wildman–Crippen LogP) is 11.1. The van der Waals surface area contributed by atoms with Crippen LogP contribution in [0, 0.1) is 5.92 Å². The highest BCUT2D eigenvalue weighted by Crippen LogP contribution is 2.36. The quantitative estimate of drug-likeness (QED) is 0.167. The zero-order chi connectivity index (χ0) is 25.2. The lowest BCUT2D eigenvalue weighted by Crippen LogP contribution is -2.18. The summed E-state index contributed by atoms with van der Waals surface area (Å²) in [6.45, 7) is 8.88. The Labute approximate surface area is 208 Å². The molecule has 0 bridgehead atoms. The predicted molar refractivity (Wildman–Crippen MR) is 140 cm³/mol. The van der Waals surface area contributed by atoms with Crippen LogP contribution in [0.2, 0.25) is 0 Å². The number of hydrogen-bond donors (Lipinski definition) is 0. The zero-order valence-corrected chi connectivity index (χ0v) is 22.4. The maximum atomic E-state index is 13.0. The zero-order valence-electron chi connectivity index (χ0n) is 22.4. The summed E-state index contributed by atoms with van der Waals surface area (Å²) in [5.74, 6) is 0.901. The molecule has 4 heteroatoms. The van der Waals surface area contributed by atoms with Gasteiger partial charge in [0.15, 0.2) is 0 Å². The molecule has 1 aromatic carbocycles. The van der Waals surface area contributed by atoms with Crippen molar-refractivity contribution in [3.8, 4) is 5.75 Å². The second-order valence-corrected chi connectivity index (χ2v) is 10.2. The Morgan fingerprint density at radius 3 is 1.59 bits per heavy atom. The van der Waals surface area contributed by atoms with Gasteiger partial charge in [0, 0.05) is 0 Å². The highest BCUT2D eigenvalue weighted by atomic mass is 19.4. The van der Waals surface area contributed by atoms with E-state index >= 15 is 0 Å². The Morgan fingerprint density at radius 2 is 1.15 bits per heavy atom. The van der Waals surface area contributed by atoms with E-state index < -0.39 is 6.36 Å². The van der Waals surface area contributed by atoms with Crippen LogP contribution in [0.3, 0.4) is 0 Å². The van der Waals surface area contributed by atoms with Crippen LogP contribution < -0.4 is 4.74 Å². The fourth-order valence-corrected chi connectivity index (χ4v) is 5.12. The van der Waals surface area contributed by atoms with Crippen LogP contribution in [0.15, 0.2) is 18.2 Å². The van der Waals surface area contributed by atoms with Gasteiger partial charge in [-0.15, -0.1) is 13.2 Å². The van der Waals surface area contributed by atoms with Crippen LogP contribution in [-0.2, 0) is 6.42 Å². The fourth-order valence-electron chi connectivity index (χ4n) is 5.12. The standard InChI is InChI=1S/C30H51F3O/c1-5-9-13-17-25(18-14-10-6-2)23-27-24-28(34-30(31,32)33)21-22-29(27)26(19-15-11-7-3)20-16-12-8-4/h21-22,24-26H,5-20,23H2,1-4H3. The van der Waals surface area contributed by atoms with Gasteiger partial charge >= 0.3 is 6.36 Å². The number of rotatable bonds is 20. The summed E-state index contributed by atoms with van der Waals surface area (Å²) in [5, 5.41) is 0. The van der Waals surface area contributed by atoms with Crippen molar-refractivity contribution in [3.05, 3.63) is 29.3 Å². The van der Waals surface area contributed by atoms with Crippen molar-refractivity contribution in [1.29, 1.82) is 0 Å². The van der Waals surface area contributed by atoms with Gasteiger partial charge in [-0.3, -0.25) is 0 Å². The third kappa shape index (κ3) is 13.6. The molecule has 0 amide bonds. The number of ether oxygens (including phenoxy) is 1. The van der Waals surface area contributed by atoms with Gasteiger partial charge in [-0.05, 0) is 54.4 Å². The monoisotopic (exact) mass is 484 g/mol. The summed E-state index contributed by atoms with van der Waals surface area (Å²) in [7, 11) is 0. The number of halogens is 3. The molecule has 0 spiro atoms. The summed E-state index contributed by atoms with van der Waals surface area (Å²) in [6, 6.07) is 5.21. The van der Waals surface area contributed by atoms with Gasteiger partial charge in [0.2, 0.25) is 0 Å². The lowest BCUT2D eigenvalue weighted by Gasteiger charge is -2.25. The molecular formula is C30H51F3O. The van der Waals surface area contributed by atoms with Crippen molar-refractivity contribution in [2.24, 2.45) is 5.92 Å². The van der Waals surface area contributed by atoms with E-state index in [9.17, 15) is 13.2 Å². The first kappa shape index (κ1) is 30.8. The van der Waals surface area contributed by atoms with Gasteiger partial charge in [-0.25, -0.2) is 0 Å². The molecule has 34 heavy (non-hydrogen) atoms. The molecule has 0 fully saturated rings. The van der Waals surface area contributed by atoms with Gasteiger partial charge in [-0.2, -0.15) is 0 Å². The highest BCUT2D eigenvalue weighted by molar-refractivity contribution is 5.38. The first-order chi connectivity index (χ1) is 16.3. The molecule has 0 aliphatic rings. The van der Waals surface area contributed by atoms with E-state index in [0.29, 0.717) is 11.8 Å². The molecule has 198 valence electrons. The summed E-state index contributed by atoms with van der Waals surface area (Å²) < 4.78 is 43.3. The largest absolute Gasteiger partial charge is 0.573 e. The first-order valence-corrected chi connectivity index (χ1v) is 14.2. The van der Waals surface area contributed by atoms with Crippen molar-refractivity contribution < 1.29 is 17.9 Å². The molecule has 0 aromatic heterocycles. The smallest absolute Gasteiger partial charge is 0.406 e. The minimum atomic E-state index is -4.65. The molecule has 0 N–H and O–H groups in total. The summed E-state index contributed by atoms with van der Waals surface area (Å²) in [4.78, 5) is 0. The molecule has 0 aliphatic carbocycles. The van der Waals surface area contributed by atoms with Crippen LogP contribution in [0.1, 0.15) is 147 Å². The third-order valence-corrected chi connectivity index (χ3v) is 7.04. The molecular weight excluding hydrogens is 433 g/mol. The Kier molecular flexibility index (Phi) is 16.4. The van der Waals surface area contributed by atoms with Crippen molar-refractivity contribution in [3.63, 3.8) is 0 Å². The Hall–Kier alpha value is -1.19. The Bertz CT molecular complexity index is 606. The summed E-state index contributed by atoms with van der Waals surface area (Å²) in [6.07, 6.45) is 15.2. The van der Waals surface area contributed by atoms with Gasteiger partial charge in [0.1, 0.15) is 5.75 Å². The maximum absolute atomic E-state index is 13.0. The lowest BCUT2D eigenvalue weighted by molar-refractivity contribution is -0.274. The molecule has 1 aromatic rings. The summed E-state index contributed by atoms with van der Waals surface area (Å²) in [5.41, 5.74) is 2.37.